The number of rotatable bonds is 4. The molecular formula is C20H20BrClFN5. The summed E-state index contributed by atoms with van der Waals surface area (Å²) < 4.78 is 16.3. The van der Waals surface area contributed by atoms with E-state index in [1.807, 2.05) is 12.3 Å². The topological polar surface area (TPSA) is 67.7 Å². The molecule has 1 aliphatic rings. The molecule has 0 aliphatic heterocycles. The second kappa shape index (κ2) is 8.09. The van der Waals surface area contributed by atoms with Crippen LogP contribution in [0.25, 0.3) is 5.52 Å². The van der Waals surface area contributed by atoms with Crippen molar-refractivity contribution in [1.82, 2.24) is 9.61 Å². The highest BCUT2D eigenvalue weighted by Gasteiger charge is 2.19. The number of fused-ring (bicyclic) bond motifs is 1. The van der Waals surface area contributed by atoms with Crippen LogP contribution in [-0.2, 0) is 0 Å². The molecule has 2 heterocycles. The van der Waals surface area contributed by atoms with Crippen LogP contribution >= 0.6 is 27.5 Å². The Kier molecular flexibility index (Phi) is 5.55. The highest BCUT2D eigenvalue weighted by molar-refractivity contribution is 9.10. The summed E-state index contributed by atoms with van der Waals surface area (Å²) in [5.41, 5.74) is 9.06. The Morgan fingerprint density at radius 3 is 2.86 bits per heavy atom. The van der Waals surface area contributed by atoms with Crippen molar-refractivity contribution in [3.8, 4) is 0 Å². The van der Waals surface area contributed by atoms with Crippen LogP contribution in [-0.4, -0.2) is 21.5 Å². The number of aromatic nitrogens is 2. The minimum atomic E-state index is -0.416. The van der Waals surface area contributed by atoms with Crippen molar-refractivity contribution >= 4 is 50.3 Å². The monoisotopic (exact) mass is 463 g/mol. The number of nitrogens with two attached hydrogens (primary N) is 1. The number of hydrogen-bond donors (Lipinski definition) is 2. The maximum Gasteiger partial charge on any atom is 0.135 e. The van der Waals surface area contributed by atoms with Gasteiger partial charge in [0, 0.05) is 22.8 Å². The molecule has 2 aromatic heterocycles. The van der Waals surface area contributed by atoms with Crippen molar-refractivity contribution in [2.24, 2.45) is 10.7 Å². The molecule has 0 radical (unpaired) electrons. The highest BCUT2D eigenvalue weighted by Crippen LogP contribution is 2.31. The van der Waals surface area contributed by atoms with Gasteiger partial charge in [0.25, 0.3) is 0 Å². The molecule has 28 heavy (non-hydrogen) atoms. The quantitative estimate of drug-likeness (QED) is 0.386. The van der Waals surface area contributed by atoms with Crippen LogP contribution < -0.4 is 11.1 Å². The lowest BCUT2D eigenvalue weighted by Gasteiger charge is -2.25. The van der Waals surface area contributed by atoms with Gasteiger partial charge in [-0.25, -0.2) is 13.9 Å². The maximum atomic E-state index is 13.6. The molecule has 3 aromatic rings. The molecule has 4 rings (SSSR count). The summed E-state index contributed by atoms with van der Waals surface area (Å²) in [6.07, 6.45) is 9.49. The zero-order valence-electron chi connectivity index (χ0n) is 15.1. The molecule has 0 saturated heterocycles. The SMILES string of the molecule is N/C(=N\c1cc(F)ccc1Cl)c1cnn2cc(Br)cc2c1NC1CCCCC1. The Bertz CT molecular complexity index is 1040. The first-order chi connectivity index (χ1) is 13.5. The van der Waals surface area contributed by atoms with Crippen LogP contribution in [0.4, 0.5) is 15.8 Å². The Labute approximate surface area is 175 Å². The van der Waals surface area contributed by atoms with Gasteiger partial charge in [0.2, 0.25) is 0 Å². The number of nitrogens with one attached hydrogen (secondary N) is 1. The number of anilines is 1. The summed E-state index contributed by atoms with van der Waals surface area (Å²) >= 11 is 9.66. The lowest BCUT2D eigenvalue weighted by molar-refractivity contribution is 0.463. The maximum absolute atomic E-state index is 13.6. The first kappa shape index (κ1) is 19.2. The fourth-order valence-electron chi connectivity index (χ4n) is 3.58. The van der Waals surface area contributed by atoms with Crippen LogP contribution in [0.3, 0.4) is 0 Å². The van der Waals surface area contributed by atoms with Gasteiger partial charge in [-0.05, 0) is 47.0 Å². The van der Waals surface area contributed by atoms with Gasteiger partial charge in [-0.1, -0.05) is 30.9 Å². The van der Waals surface area contributed by atoms with Gasteiger partial charge in [0.05, 0.1) is 33.7 Å². The third-order valence-corrected chi connectivity index (χ3v) is 5.74. The molecule has 3 N–H and O–H groups in total. The number of benzene rings is 1. The van der Waals surface area contributed by atoms with Crippen LogP contribution in [0, 0.1) is 5.82 Å². The zero-order chi connectivity index (χ0) is 19.7. The normalized spacial score (nSPS) is 15.9. The summed E-state index contributed by atoms with van der Waals surface area (Å²) in [4.78, 5) is 4.38. The number of halogens is 3. The van der Waals surface area contributed by atoms with Gasteiger partial charge in [-0.15, -0.1) is 0 Å². The van der Waals surface area contributed by atoms with Crippen LogP contribution in [0.15, 0.2) is 46.1 Å². The molecule has 0 bridgehead atoms. The molecule has 8 heteroatoms. The van der Waals surface area contributed by atoms with Crippen molar-refractivity contribution in [2.45, 2.75) is 38.1 Å². The molecule has 0 spiro atoms. The molecule has 0 atom stereocenters. The number of aliphatic imine (C=N–C) groups is 1. The van der Waals surface area contributed by atoms with Crippen molar-refractivity contribution in [3.63, 3.8) is 0 Å². The summed E-state index contributed by atoms with van der Waals surface area (Å²) in [5, 5.41) is 8.42. The van der Waals surface area contributed by atoms with E-state index in [1.165, 1.54) is 37.5 Å². The predicted molar refractivity (Wildman–Crippen MR) is 115 cm³/mol. The van der Waals surface area contributed by atoms with Crippen molar-refractivity contribution in [2.75, 3.05) is 5.32 Å². The third kappa shape index (κ3) is 4.00. The fourth-order valence-corrected chi connectivity index (χ4v) is 4.15. The predicted octanol–water partition coefficient (Wildman–Crippen LogP) is 5.67. The van der Waals surface area contributed by atoms with Crippen molar-refractivity contribution < 1.29 is 4.39 Å². The van der Waals surface area contributed by atoms with E-state index in [0.29, 0.717) is 22.3 Å². The number of nitrogens with zero attached hydrogens (tertiary/aromatic N) is 3. The van der Waals surface area contributed by atoms with E-state index in [1.54, 1.807) is 10.7 Å². The van der Waals surface area contributed by atoms with E-state index in [0.717, 1.165) is 28.5 Å². The molecule has 1 fully saturated rings. The van der Waals surface area contributed by atoms with Gasteiger partial charge < -0.3 is 11.1 Å². The van der Waals surface area contributed by atoms with E-state index in [2.05, 4.69) is 31.3 Å². The minimum absolute atomic E-state index is 0.234. The van der Waals surface area contributed by atoms with Crippen molar-refractivity contribution in [1.29, 1.82) is 0 Å². The largest absolute Gasteiger partial charge is 0.383 e. The standard InChI is InChI=1S/C20H20BrClFN5/c21-12-8-18-19(26-14-4-2-1-3-5-14)15(10-25-28(18)11-12)20(24)27-17-9-13(23)6-7-16(17)22/h6-11,14,26H,1-5H2,(H2,24,27). The summed E-state index contributed by atoms with van der Waals surface area (Å²) in [5.74, 6) is -0.182. The zero-order valence-corrected chi connectivity index (χ0v) is 17.5. The second-order valence-electron chi connectivity index (χ2n) is 6.99. The minimum Gasteiger partial charge on any atom is -0.383 e. The van der Waals surface area contributed by atoms with E-state index in [-0.39, 0.29) is 5.84 Å². The molecule has 5 nitrogen and oxygen atoms in total. The summed E-state index contributed by atoms with van der Waals surface area (Å²) in [7, 11) is 0. The van der Waals surface area contributed by atoms with Crippen LogP contribution in [0.2, 0.25) is 5.02 Å². The lowest BCUT2D eigenvalue weighted by atomic mass is 9.95. The van der Waals surface area contributed by atoms with Gasteiger partial charge >= 0.3 is 0 Å². The number of amidine groups is 1. The first-order valence-electron chi connectivity index (χ1n) is 9.24. The molecule has 1 aromatic carbocycles. The Balaban J connectivity index is 1.79. The van der Waals surface area contributed by atoms with E-state index in [4.69, 9.17) is 17.3 Å². The smallest absolute Gasteiger partial charge is 0.135 e. The van der Waals surface area contributed by atoms with E-state index >= 15 is 0 Å². The summed E-state index contributed by atoms with van der Waals surface area (Å²) in [6, 6.07) is 6.39. The lowest BCUT2D eigenvalue weighted by Crippen LogP contribution is -2.25. The number of hydrogen-bond acceptors (Lipinski definition) is 3. The van der Waals surface area contributed by atoms with E-state index < -0.39 is 5.82 Å². The average molecular weight is 465 g/mol. The fraction of sp³-hybridized carbons (Fsp3) is 0.300. The second-order valence-corrected chi connectivity index (χ2v) is 8.32. The van der Waals surface area contributed by atoms with Crippen molar-refractivity contribution in [3.05, 3.63) is 57.5 Å². The average Bonchev–Trinajstić information content (AvgIpc) is 3.06. The molecule has 0 unspecified atom stereocenters. The van der Waals surface area contributed by atoms with Gasteiger partial charge in [-0.2, -0.15) is 5.10 Å². The van der Waals surface area contributed by atoms with Crippen LogP contribution in [0.1, 0.15) is 37.7 Å². The molecule has 1 saturated carbocycles. The molecular weight excluding hydrogens is 445 g/mol. The third-order valence-electron chi connectivity index (χ3n) is 4.98. The molecule has 0 amide bonds. The Morgan fingerprint density at radius 2 is 2.07 bits per heavy atom. The van der Waals surface area contributed by atoms with Gasteiger partial charge in [-0.3, -0.25) is 0 Å². The summed E-state index contributed by atoms with van der Waals surface area (Å²) in [6.45, 7) is 0. The Hall–Kier alpha value is -2.12. The Morgan fingerprint density at radius 1 is 1.29 bits per heavy atom. The van der Waals surface area contributed by atoms with Gasteiger partial charge in [0.1, 0.15) is 11.7 Å². The first-order valence-corrected chi connectivity index (χ1v) is 10.4. The molecule has 1 aliphatic carbocycles. The molecule has 146 valence electrons. The van der Waals surface area contributed by atoms with Crippen LogP contribution in [0.5, 0.6) is 0 Å². The van der Waals surface area contributed by atoms with E-state index in [9.17, 15) is 4.39 Å². The highest BCUT2D eigenvalue weighted by atomic mass is 79.9. The van der Waals surface area contributed by atoms with Gasteiger partial charge in [0.15, 0.2) is 0 Å².